The summed E-state index contributed by atoms with van der Waals surface area (Å²) >= 11 is 0. The molecular formula is C10H15N5O5. The van der Waals surface area contributed by atoms with Crippen LogP contribution in [-0.4, -0.2) is 54.0 Å². The van der Waals surface area contributed by atoms with E-state index in [0.29, 0.717) is 0 Å². The Bertz CT molecular complexity index is 668. The van der Waals surface area contributed by atoms with Gasteiger partial charge in [-0.05, 0) is 0 Å². The Morgan fingerprint density at radius 1 is 1.60 bits per heavy atom. The number of fused-ring (bicyclic) bond motifs is 1. The molecule has 0 aromatic carbocycles. The molecule has 3 heterocycles. The first-order chi connectivity index (χ1) is 9.10. The first-order valence-electron chi connectivity index (χ1n) is 5.77. The topological polar surface area (TPSA) is 171 Å². The van der Waals surface area contributed by atoms with E-state index in [-0.39, 0.29) is 35.6 Å². The Morgan fingerprint density at radius 3 is 3.00 bits per heavy atom. The van der Waals surface area contributed by atoms with Gasteiger partial charge in [-0.3, -0.25) is 14.3 Å². The average Bonchev–Trinajstić information content (AvgIpc) is 2.92. The van der Waals surface area contributed by atoms with Crippen LogP contribution in [0.5, 0.6) is 0 Å². The number of anilines is 1. The van der Waals surface area contributed by atoms with Crippen LogP contribution in [-0.2, 0) is 4.74 Å². The van der Waals surface area contributed by atoms with Crippen LogP contribution in [0.25, 0.3) is 11.2 Å². The van der Waals surface area contributed by atoms with Gasteiger partial charge in [0.1, 0.15) is 12.3 Å². The van der Waals surface area contributed by atoms with Crippen molar-refractivity contribution >= 4 is 17.1 Å². The Kier molecular flexibility index (Phi) is 3.72. The minimum atomic E-state index is -0.771. The number of aromatic nitrogens is 4. The van der Waals surface area contributed by atoms with Gasteiger partial charge < -0.3 is 26.2 Å². The molecule has 7 N–H and O–H groups in total. The molecule has 110 valence electrons. The quantitative estimate of drug-likeness (QED) is 0.473. The second-order valence-corrected chi connectivity index (χ2v) is 4.39. The first kappa shape index (κ1) is 14.4. The molecule has 2 aromatic heterocycles. The number of nitrogens with two attached hydrogens (primary N) is 1. The van der Waals surface area contributed by atoms with E-state index in [1.807, 2.05) is 0 Å². The zero-order valence-corrected chi connectivity index (χ0v) is 10.4. The van der Waals surface area contributed by atoms with Gasteiger partial charge in [0.25, 0.3) is 5.56 Å². The number of nitrogen functional groups attached to an aromatic ring is 1. The molecule has 1 aliphatic heterocycles. The maximum absolute atomic E-state index is 11.6. The molecule has 1 saturated heterocycles. The molecule has 1 aliphatic rings. The fraction of sp³-hybridized carbons (Fsp3) is 0.500. The number of hydrogen-bond donors (Lipinski definition) is 4. The van der Waals surface area contributed by atoms with Gasteiger partial charge >= 0.3 is 0 Å². The summed E-state index contributed by atoms with van der Waals surface area (Å²) in [7, 11) is 0. The van der Waals surface area contributed by atoms with E-state index in [1.165, 1.54) is 10.9 Å². The molecular weight excluding hydrogens is 270 g/mol. The predicted octanol–water partition coefficient (Wildman–Crippen LogP) is -2.48. The highest BCUT2D eigenvalue weighted by Gasteiger charge is 2.35. The Balaban J connectivity index is 0.00000147. The standard InChI is InChI=1S/C10H13N5O4.H2O/c11-10-13-8-7(9(18)14-10)12-3-15(8)6-1-4(17)5(2-16)19-6;/h3-6,16-17H,1-2H2,(H3,11,13,14,18);1H2/t4-,5+,6?;/m0./s1. The average molecular weight is 285 g/mol. The maximum atomic E-state index is 11.6. The third-order valence-corrected chi connectivity index (χ3v) is 3.15. The number of aromatic amines is 1. The molecule has 0 spiro atoms. The molecule has 10 nitrogen and oxygen atoms in total. The summed E-state index contributed by atoms with van der Waals surface area (Å²) < 4.78 is 7.01. The molecule has 1 fully saturated rings. The van der Waals surface area contributed by atoms with Crippen molar-refractivity contribution < 1.29 is 20.4 Å². The Hall–Kier alpha value is -2.01. The van der Waals surface area contributed by atoms with Crippen LogP contribution in [0.2, 0.25) is 0 Å². The monoisotopic (exact) mass is 285 g/mol. The summed E-state index contributed by atoms with van der Waals surface area (Å²) in [6, 6.07) is 0. The van der Waals surface area contributed by atoms with Crippen LogP contribution in [0, 0.1) is 0 Å². The zero-order valence-electron chi connectivity index (χ0n) is 10.4. The van der Waals surface area contributed by atoms with E-state index < -0.39 is 24.0 Å². The van der Waals surface area contributed by atoms with Gasteiger partial charge in [-0.25, -0.2) is 4.98 Å². The van der Waals surface area contributed by atoms with Crippen LogP contribution < -0.4 is 11.3 Å². The number of ether oxygens (including phenoxy) is 1. The summed E-state index contributed by atoms with van der Waals surface area (Å²) in [6.07, 6.45) is -0.270. The van der Waals surface area contributed by atoms with Gasteiger partial charge in [-0.1, -0.05) is 0 Å². The molecule has 20 heavy (non-hydrogen) atoms. The smallest absolute Gasteiger partial charge is 0.280 e. The first-order valence-corrected chi connectivity index (χ1v) is 5.77. The molecule has 1 unspecified atom stereocenters. The predicted molar refractivity (Wildman–Crippen MR) is 67.8 cm³/mol. The van der Waals surface area contributed by atoms with E-state index in [0.717, 1.165) is 0 Å². The number of aliphatic hydroxyl groups excluding tert-OH is 2. The second-order valence-electron chi connectivity index (χ2n) is 4.39. The summed E-state index contributed by atoms with van der Waals surface area (Å²) in [5.74, 6) is -0.0171. The second kappa shape index (κ2) is 5.17. The number of hydrogen-bond acceptors (Lipinski definition) is 7. The third kappa shape index (κ3) is 2.14. The van der Waals surface area contributed by atoms with E-state index in [4.69, 9.17) is 15.6 Å². The van der Waals surface area contributed by atoms with Gasteiger partial charge in [0.05, 0.1) is 19.0 Å². The van der Waals surface area contributed by atoms with Crippen LogP contribution in [0.3, 0.4) is 0 Å². The van der Waals surface area contributed by atoms with Crippen molar-refractivity contribution in [2.75, 3.05) is 12.3 Å². The van der Waals surface area contributed by atoms with E-state index in [1.54, 1.807) is 0 Å². The molecule has 3 rings (SSSR count). The number of aliphatic hydroxyl groups is 2. The summed E-state index contributed by atoms with van der Waals surface area (Å²) in [5.41, 5.74) is 5.50. The van der Waals surface area contributed by atoms with E-state index in [2.05, 4.69) is 15.0 Å². The Morgan fingerprint density at radius 2 is 2.35 bits per heavy atom. The lowest BCUT2D eigenvalue weighted by molar-refractivity contribution is -0.0432. The lowest BCUT2D eigenvalue weighted by Gasteiger charge is -2.13. The van der Waals surface area contributed by atoms with E-state index >= 15 is 0 Å². The largest absolute Gasteiger partial charge is 0.412 e. The molecule has 3 atom stereocenters. The fourth-order valence-corrected chi connectivity index (χ4v) is 2.20. The lowest BCUT2D eigenvalue weighted by Crippen LogP contribution is -2.24. The number of nitrogens with zero attached hydrogens (tertiary/aromatic N) is 3. The molecule has 0 bridgehead atoms. The van der Waals surface area contributed by atoms with Crippen LogP contribution in [0.1, 0.15) is 12.6 Å². The number of nitrogens with one attached hydrogen (secondary N) is 1. The summed E-state index contributed by atoms with van der Waals surface area (Å²) in [6.45, 7) is -0.277. The minimum absolute atomic E-state index is 0. The van der Waals surface area contributed by atoms with Crippen molar-refractivity contribution in [3.8, 4) is 0 Å². The Labute approximate surface area is 112 Å². The molecule has 0 aliphatic carbocycles. The van der Waals surface area contributed by atoms with Crippen LogP contribution in [0.4, 0.5) is 5.95 Å². The van der Waals surface area contributed by atoms with Crippen molar-refractivity contribution in [3.63, 3.8) is 0 Å². The minimum Gasteiger partial charge on any atom is -0.412 e. The molecule has 2 aromatic rings. The molecule has 10 heteroatoms. The van der Waals surface area contributed by atoms with E-state index in [9.17, 15) is 9.90 Å². The fourth-order valence-electron chi connectivity index (χ4n) is 2.20. The lowest BCUT2D eigenvalue weighted by atomic mass is 10.2. The summed E-state index contributed by atoms with van der Waals surface area (Å²) in [5, 5.41) is 18.8. The van der Waals surface area contributed by atoms with Gasteiger partial charge in [0.15, 0.2) is 11.2 Å². The van der Waals surface area contributed by atoms with Gasteiger partial charge in [0.2, 0.25) is 5.95 Å². The molecule has 0 radical (unpaired) electrons. The van der Waals surface area contributed by atoms with Crippen molar-refractivity contribution in [1.82, 2.24) is 19.5 Å². The highest BCUT2D eigenvalue weighted by molar-refractivity contribution is 5.70. The number of imidazole rings is 1. The van der Waals surface area contributed by atoms with Gasteiger partial charge in [-0.2, -0.15) is 4.98 Å². The highest BCUT2D eigenvalue weighted by atomic mass is 16.5. The molecule has 0 saturated carbocycles. The van der Waals surface area contributed by atoms with Crippen LogP contribution in [0.15, 0.2) is 11.1 Å². The highest BCUT2D eigenvalue weighted by Crippen LogP contribution is 2.30. The SMILES string of the molecule is Nc1nc2c(ncn2C2C[C@H](O)[C@@H](CO)O2)c(=O)[nH]1.O. The van der Waals surface area contributed by atoms with Gasteiger partial charge in [-0.15, -0.1) is 0 Å². The van der Waals surface area contributed by atoms with Crippen molar-refractivity contribution in [3.05, 3.63) is 16.7 Å². The van der Waals surface area contributed by atoms with Crippen LogP contribution >= 0.6 is 0 Å². The molecule has 0 amide bonds. The van der Waals surface area contributed by atoms with Gasteiger partial charge in [0, 0.05) is 6.42 Å². The zero-order chi connectivity index (χ0) is 13.6. The normalized spacial score (nSPS) is 25.8. The third-order valence-electron chi connectivity index (χ3n) is 3.15. The summed E-state index contributed by atoms with van der Waals surface area (Å²) in [4.78, 5) is 22.0. The van der Waals surface area contributed by atoms with Crippen molar-refractivity contribution in [2.45, 2.75) is 24.9 Å². The number of H-pyrrole nitrogens is 1. The number of rotatable bonds is 2. The van der Waals surface area contributed by atoms with Crippen molar-refractivity contribution in [1.29, 1.82) is 0 Å². The van der Waals surface area contributed by atoms with Crippen molar-refractivity contribution in [2.24, 2.45) is 0 Å². The maximum Gasteiger partial charge on any atom is 0.280 e.